The zero-order chi connectivity index (χ0) is 18.9. The summed E-state index contributed by atoms with van der Waals surface area (Å²) in [4.78, 5) is 40.6. The largest absolute Gasteiger partial charge is 0.469 e. The first-order valence-electron chi connectivity index (χ1n) is 7.12. The highest BCUT2D eigenvalue weighted by atomic mass is 32.2. The van der Waals surface area contributed by atoms with Crippen LogP contribution < -0.4 is 0 Å². The molecule has 0 aromatic heterocycles. The maximum Gasteiger partial charge on any atom is 0.332 e. The Bertz CT molecular complexity index is 481. The van der Waals surface area contributed by atoms with Gasteiger partial charge in [-0.2, -0.15) is 0 Å². The fraction of sp³-hybridized carbons (Fsp3) is 0.733. The topological polar surface area (TPSA) is 91.3 Å². The van der Waals surface area contributed by atoms with Crippen molar-refractivity contribution in [2.24, 2.45) is 10.9 Å². The molecule has 0 radical (unpaired) electrons. The number of carbonyl (C=O) groups is 3. The van der Waals surface area contributed by atoms with Crippen molar-refractivity contribution in [3.63, 3.8) is 0 Å². The van der Waals surface area contributed by atoms with Crippen molar-refractivity contribution in [2.75, 3.05) is 26.7 Å². The number of carbonyl (C=O) groups excluding carboxylic acids is 3. The molecule has 0 N–H and O–H groups in total. The molecule has 0 saturated carbocycles. The summed E-state index contributed by atoms with van der Waals surface area (Å²) in [5.74, 6) is -3.17. The number of aliphatic imine (C=N–C) groups is 1. The third-order valence-corrected chi connectivity index (χ3v) is 4.65. The molecule has 0 aromatic carbocycles. The quantitative estimate of drug-likeness (QED) is 0.300. The molecule has 0 fully saturated rings. The standard InChI is InChI=1S/C15H25NO6S2/c1-15(2,3)22-13(19)11(16-14(23-6)24-7)9(12(18)21-5)8-10(17)20-4/h9,11H,8H2,1-7H3/t9-,11-/m0/s1. The second kappa shape index (κ2) is 10.6. The van der Waals surface area contributed by atoms with Gasteiger partial charge in [0.15, 0.2) is 6.04 Å². The lowest BCUT2D eigenvalue weighted by molar-refractivity contribution is -0.164. The lowest BCUT2D eigenvalue weighted by Gasteiger charge is -2.25. The van der Waals surface area contributed by atoms with Gasteiger partial charge in [-0.05, 0) is 33.3 Å². The van der Waals surface area contributed by atoms with E-state index in [1.165, 1.54) is 37.7 Å². The molecular formula is C15H25NO6S2. The Morgan fingerprint density at radius 1 is 1.00 bits per heavy atom. The van der Waals surface area contributed by atoms with Crippen LogP contribution >= 0.6 is 23.5 Å². The van der Waals surface area contributed by atoms with Gasteiger partial charge in [-0.1, -0.05) is 0 Å². The van der Waals surface area contributed by atoms with E-state index in [4.69, 9.17) is 9.47 Å². The van der Waals surface area contributed by atoms with Crippen LogP contribution in [-0.2, 0) is 28.6 Å². The summed E-state index contributed by atoms with van der Waals surface area (Å²) in [6.45, 7) is 5.13. The summed E-state index contributed by atoms with van der Waals surface area (Å²) in [7, 11) is 2.39. The summed E-state index contributed by atoms with van der Waals surface area (Å²) >= 11 is 2.66. The van der Waals surface area contributed by atoms with Crippen molar-refractivity contribution in [3.05, 3.63) is 0 Å². The van der Waals surface area contributed by atoms with Crippen molar-refractivity contribution in [3.8, 4) is 0 Å². The third kappa shape index (κ3) is 8.05. The van der Waals surface area contributed by atoms with Crippen molar-refractivity contribution >= 4 is 45.8 Å². The van der Waals surface area contributed by atoms with Crippen molar-refractivity contribution in [1.82, 2.24) is 0 Å². The molecule has 0 bridgehead atoms. The van der Waals surface area contributed by atoms with Crippen LogP contribution in [0.2, 0.25) is 0 Å². The van der Waals surface area contributed by atoms with Gasteiger partial charge in [0.25, 0.3) is 0 Å². The molecule has 0 aliphatic heterocycles. The van der Waals surface area contributed by atoms with Crippen molar-refractivity contribution < 1.29 is 28.6 Å². The minimum atomic E-state index is -1.19. The number of methoxy groups -OCH3 is 2. The van der Waals surface area contributed by atoms with Gasteiger partial charge < -0.3 is 14.2 Å². The first-order chi connectivity index (χ1) is 11.1. The Labute approximate surface area is 151 Å². The first-order valence-corrected chi connectivity index (χ1v) is 9.57. The minimum absolute atomic E-state index is 0.327. The van der Waals surface area contributed by atoms with Crippen LogP contribution in [-0.4, -0.2) is 60.7 Å². The lowest BCUT2D eigenvalue weighted by atomic mass is 9.96. The molecule has 0 heterocycles. The predicted octanol–water partition coefficient (Wildman–Crippen LogP) is 2.13. The number of hydrogen-bond donors (Lipinski definition) is 0. The van der Waals surface area contributed by atoms with Gasteiger partial charge in [-0.15, -0.1) is 23.5 Å². The monoisotopic (exact) mass is 379 g/mol. The Kier molecular flexibility index (Phi) is 10.1. The van der Waals surface area contributed by atoms with E-state index in [2.05, 4.69) is 9.73 Å². The van der Waals surface area contributed by atoms with Gasteiger partial charge in [-0.25, -0.2) is 4.79 Å². The molecule has 0 aromatic rings. The average Bonchev–Trinajstić information content (AvgIpc) is 2.51. The van der Waals surface area contributed by atoms with Crippen molar-refractivity contribution in [1.29, 1.82) is 0 Å². The second-order valence-electron chi connectivity index (χ2n) is 5.69. The zero-order valence-corrected chi connectivity index (χ0v) is 16.7. The SMILES string of the molecule is COC(=O)C[C@H](C(=O)OC)[C@H](N=C(SC)SC)C(=O)OC(C)(C)C. The van der Waals surface area contributed by atoms with E-state index in [0.29, 0.717) is 4.38 Å². The number of hydrogen-bond acceptors (Lipinski definition) is 9. The average molecular weight is 380 g/mol. The summed E-state index contributed by atoms with van der Waals surface area (Å²) in [6.07, 6.45) is 3.27. The molecule has 0 aliphatic carbocycles. The van der Waals surface area contributed by atoms with Crippen LogP contribution in [0, 0.1) is 5.92 Å². The number of ether oxygens (including phenoxy) is 3. The van der Waals surface area contributed by atoms with Crippen LogP contribution in [0.5, 0.6) is 0 Å². The van der Waals surface area contributed by atoms with Crippen LogP contribution in [0.3, 0.4) is 0 Å². The fourth-order valence-electron chi connectivity index (χ4n) is 1.71. The molecule has 0 rings (SSSR count). The Morgan fingerprint density at radius 2 is 1.54 bits per heavy atom. The maximum atomic E-state index is 12.6. The van der Waals surface area contributed by atoms with E-state index in [1.807, 2.05) is 0 Å². The zero-order valence-electron chi connectivity index (χ0n) is 15.1. The Balaban J connectivity index is 5.81. The smallest absolute Gasteiger partial charge is 0.332 e. The molecule has 0 aliphatic rings. The Hall–Kier alpha value is -1.22. The third-order valence-electron chi connectivity index (χ3n) is 2.74. The highest BCUT2D eigenvalue weighted by molar-refractivity contribution is 8.38. The minimum Gasteiger partial charge on any atom is -0.469 e. The highest BCUT2D eigenvalue weighted by Crippen LogP contribution is 2.23. The maximum absolute atomic E-state index is 12.6. The van der Waals surface area contributed by atoms with Crippen LogP contribution in [0.1, 0.15) is 27.2 Å². The molecular weight excluding hydrogens is 354 g/mol. The molecule has 0 spiro atoms. The fourth-order valence-corrected chi connectivity index (χ4v) is 2.81. The van der Waals surface area contributed by atoms with E-state index in [0.717, 1.165) is 0 Å². The van der Waals surface area contributed by atoms with Gasteiger partial charge in [0.1, 0.15) is 15.9 Å². The molecule has 0 saturated heterocycles. The van der Waals surface area contributed by atoms with Gasteiger partial charge in [0, 0.05) is 0 Å². The van der Waals surface area contributed by atoms with Crippen LogP contribution in [0.15, 0.2) is 4.99 Å². The number of thioether (sulfide) groups is 2. The van der Waals surface area contributed by atoms with Gasteiger partial charge >= 0.3 is 17.9 Å². The van der Waals surface area contributed by atoms with E-state index < -0.39 is 35.5 Å². The molecule has 9 heteroatoms. The molecule has 24 heavy (non-hydrogen) atoms. The normalized spacial score (nSPS) is 13.5. The lowest BCUT2D eigenvalue weighted by Crippen LogP contribution is -2.40. The number of esters is 3. The van der Waals surface area contributed by atoms with Crippen LogP contribution in [0.25, 0.3) is 0 Å². The second-order valence-corrected chi connectivity index (χ2v) is 7.54. The number of nitrogens with zero attached hydrogens (tertiary/aromatic N) is 1. The summed E-state index contributed by atoms with van der Waals surface area (Å²) in [5, 5.41) is 0. The summed E-state index contributed by atoms with van der Waals surface area (Å²) in [6, 6.07) is -1.19. The van der Waals surface area contributed by atoms with Crippen molar-refractivity contribution in [2.45, 2.75) is 38.8 Å². The predicted molar refractivity (Wildman–Crippen MR) is 96.2 cm³/mol. The highest BCUT2D eigenvalue weighted by Gasteiger charge is 2.39. The van der Waals surface area contributed by atoms with Gasteiger partial charge in [-0.3, -0.25) is 14.6 Å². The van der Waals surface area contributed by atoms with E-state index in [1.54, 1.807) is 33.3 Å². The molecule has 7 nitrogen and oxygen atoms in total. The molecule has 0 unspecified atom stereocenters. The van der Waals surface area contributed by atoms with E-state index >= 15 is 0 Å². The Morgan fingerprint density at radius 3 is 1.92 bits per heavy atom. The molecule has 138 valence electrons. The molecule has 0 amide bonds. The van der Waals surface area contributed by atoms with Gasteiger partial charge in [0.05, 0.1) is 20.6 Å². The van der Waals surface area contributed by atoms with Crippen LogP contribution in [0.4, 0.5) is 0 Å². The van der Waals surface area contributed by atoms with E-state index in [9.17, 15) is 14.4 Å². The number of rotatable bonds is 6. The van der Waals surface area contributed by atoms with Gasteiger partial charge in [0.2, 0.25) is 0 Å². The first kappa shape index (κ1) is 22.8. The summed E-state index contributed by atoms with van der Waals surface area (Å²) in [5.41, 5.74) is -0.754. The molecule has 2 atom stereocenters. The summed E-state index contributed by atoms with van der Waals surface area (Å²) < 4.78 is 15.3. The van der Waals surface area contributed by atoms with E-state index in [-0.39, 0.29) is 6.42 Å².